The number of halogens is 1. The van der Waals surface area contributed by atoms with E-state index in [2.05, 4.69) is 4.74 Å². The number of hydrogen-bond acceptors (Lipinski definition) is 9. The number of hydrogen-bond donors (Lipinski definition) is 0. The fourth-order valence-electron chi connectivity index (χ4n) is 2.45. The van der Waals surface area contributed by atoms with E-state index in [4.69, 9.17) is 24.5 Å². The van der Waals surface area contributed by atoms with Crippen LogP contribution >= 0.6 is 0 Å². The number of nitrogens with zero attached hydrogens (tertiary/aromatic N) is 2. The minimum Gasteiger partial charge on any atom is -0.550 e. The molecule has 1 heterocycles. The first kappa shape index (κ1) is 32.5. The van der Waals surface area contributed by atoms with Crippen LogP contribution in [0, 0.1) is 5.82 Å². The van der Waals surface area contributed by atoms with Gasteiger partial charge in [-0.25, -0.2) is 14.0 Å². The van der Waals surface area contributed by atoms with Crippen LogP contribution in [0.15, 0.2) is 18.2 Å². The van der Waals surface area contributed by atoms with Crippen molar-refractivity contribution in [1.29, 1.82) is 0 Å². The molecule has 0 N–H and O–H groups in total. The molecule has 0 atom stereocenters. The maximum Gasteiger partial charge on any atom is 2.00 e. The number of carbonyl (C=O) groups is 4. The van der Waals surface area contributed by atoms with Gasteiger partial charge in [-0.2, -0.15) is 0 Å². The van der Waals surface area contributed by atoms with Gasteiger partial charge in [-0.05, 0) is 52.8 Å². The molecule has 0 saturated carbocycles. The molecule has 1 aromatic carbocycles. The van der Waals surface area contributed by atoms with E-state index in [1.807, 2.05) is 25.7 Å². The Morgan fingerprint density at radius 2 is 1.42 bits per heavy atom. The number of rotatable bonds is 2. The third-order valence-electron chi connectivity index (χ3n) is 3.65. The van der Waals surface area contributed by atoms with Crippen LogP contribution in [-0.4, -0.2) is 67.8 Å². The van der Waals surface area contributed by atoms with E-state index in [1.165, 1.54) is 19.2 Å². The first-order valence-corrected chi connectivity index (χ1v) is 9.63. The monoisotopic (exact) mass is 562 g/mol. The number of anilines is 1. The third-order valence-corrected chi connectivity index (χ3v) is 3.65. The Morgan fingerprint density at radius 1 is 0.970 bits per heavy atom. The summed E-state index contributed by atoms with van der Waals surface area (Å²) in [6, 6.07) is 4.41. The molecule has 1 amide bonds. The topological polar surface area (TPSA) is 139 Å². The second-order valence-electron chi connectivity index (χ2n) is 7.59. The van der Waals surface area contributed by atoms with Crippen molar-refractivity contribution in [3.8, 4) is 0 Å². The number of piperazine rings is 1. The van der Waals surface area contributed by atoms with Crippen molar-refractivity contribution in [3.05, 3.63) is 29.6 Å². The van der Waals surface area contributed by atoms with Crippen LogP contribution in [0.5, 0.6) is 0 Å². The Bertz CT molecular complexity index is 786. The number of amides is 1. The zero-order valence-corrected chi connectivity index (χ0v) is 21.0. The Labute approximate surface area is 206 Å². The van der Waals surface area contributed by atoms with Gasteiger partial charge in [0.1, 0.15) is 11.4 Å². The van der Waals surface area contributed by atoms with Gasteiger partial charge in [0.25, 0.3) is 0 Å². The summed E-state index contributed by atoms with van der Waals surface area (Å²) in [7, 11) is 1.21. The molecule has 1 aliphatic rings. The van der Waals surface area contributed by atoms with Crippen molar-refractivity contribution >= 4 is 29.7 Å². The van der Waals surface area contributed by atoms with Gasteiger partial charge in [-0.15, -0.1) is 0 Å². The summed E-state index contributed by atoms with van der Waals surface area (Å²) in [5, 5.41) is 17.8. The molecule has 0 spiro atoms. The molecule has 1 aromatic rings. The van der Waals surface area contributed by atoms with Crippen molar-refractivity contribution in [3.63, 3.8) is 0 Å². The number of carboxylic acid groups (broad SMARTS) is 2. The van der Waals surface area contributed by atoms with E-state index >= 15 is 0 Å². The molecular weight excluding hydrogens is 534 g/mol. The maximum absolute atomic E-state index is 14.0. The number of carboxylic acids is 2. The molecule has 0 bridgehead atoms. The molecule has 0 unspecified atom stereocenters. The number of methoxy groups -OCH3 is 1. The molecular formula is C21H29FN2O8Pd. The Hall–Kier alpha value is -2.71. The minimum absolute atomic E-state index is 0. The van der Waals surface area contributed by atoms with Gasteiger partial charge in [0.05, 0.1) is 12.7 Å². The molecule has 33 heavy (non-hydrogen) atoms. The van der Waals surface area contributed by atoms with Crippen LogP contribution < -0.4 is 15.1 Å². The first-order valence-electron chi connectivity index (χ1n) is 9.63. The van der Waals surface area contributed by atoms with Gasteiger partial charge in [0, 0.05) is 43.8 Å². The summed E-state index contributed by atoms with van der Waals surface area (Å²) in [5.74, 6) is -3.48. The van der Waals surface area contributed by atoms with Crippen LogP contribution in [0.3, 0.4) is 0 Å². The van der Waals surface area contributed by atoms with E-state index in [0.29, 0.717) is 31.9 Å². The molecule has 0 aliphatic carbocycles. The summed E-state index contributed by atoms with van der Waals surface area (Å²) in [4.78, 5) is 44.8. The summed E-state index contributed by atoms with van der Waals surface area (Å²) >= 11 is 0. The van der Waals surface area contributed by atoms with Crippen LogP contribution in [0.4, 0.5) is 14.9 Å². The number of esters is 1. The SMILES string of the molecule is CC(=O)[O-].CC(=O)[O-].COC(=O)c1ccc(N2CCN(C(=O)OC(C)(C)C)CC2)cc1F.[Pd+2]. The molecule has 1 aliphatic heterocycles. The van der Waals surface area contributed by atoms with Crippen molar-refractivity contribution in [1.82, 2.24) is 4.90 Å². The molecule has 0 aromatic heterocycles. The van der Waals surface area contributed by atoms with Gasteiger partial charge < -0.3 is 39.1 Å². The average Bonchev–Trinajstić information content (AvgIpc) is 2.65. The number of benzene rings is 1. The molecule has 188 valence electrons. The molecule has 1 fully saturated rings. The van der Waals surface area contributed by atoms with E-state index < -0.39 is 29.3 Å². The standard InChI is InChI=1S/C17H23FN2O4.2C2H4O2.Pd/c1-17(2,3)24-16(22)20-9-7-19(8-10-20)12-5-6-13(14(18)11-12)15(21)23-4;2*1-2(3)4;/h5-6,11H,7-10H2,1-4H3;2*1H3,(H,3,4);/q;;;+2/p-2. The van der Waals surface area contributed by atoms with Crippen LogP contribution in [0.1, 0.15) is 45.0 Å². The predicted octanol–water partition coefficient (Wildman–Crippen LogP) is 0.179. The minimum atomic E-state index is -1.08. The predicted molar refractivity (Wildman–Crippen MR) is 109 cm³/mol. The van der Waals surface area contributed by atoms with Crippen molar-refractivity contribution < 1.29 is 63.7 Å². The first-order chi connectivity index (χ1) is 14.7. The summed E-state index contributed by atoms with van der Waals surface area (Å²) in [6.45, 7) is 9.55. The second-order valence-corrected chi connectivity index (χ2v) is 7.59. The number of ether oxygens (including phenoxy) is 2. The largest absolute Gasteiger partial charge is 2.00 e. The molecule has 0 radical (unpaired) electrons. The van der Waals surface area contributed by atoms with E-state index in [1.54, 1.807) is 11.0 Å². The number of carbonyl (C=O) groups excluding carboxylic acids is 4. The fraction of sp³-hybridized carbons (Fsp3) is 0.524. The Balaban J connectivity index is 0. The molecule has 12 heteroatoms. The van der Waals surface area contributed by atoms with Crippen molar-refractivity contribution in [2.45, 2.75) is 40.2 Å². The zero-order chi connectivity index (χ0) is 25.1. The summed E-state index contributed by atoms with van der Waals surface area (Å²) < 4.78 is 23.9. The van der Waals surface area contributed by atoms with Crippen molar-refractivity contribution in [2.24, 2.45) is 0 Å². The normalized spacial score (nSPS) is 12.6. The number of aliphatic carboxylic acids is 2. The van der Waals surface area contributed by atoms with Crippen molar-refractivity contribution in [2.75, 3.05) is 38.2 Å². The maximum atomic E-state index is 14.0. The average molecular weight is 563 g/mol. The Kier molecular flexibility index (Phi) is 14.9. The summed E-state index contributed by atoms with van der Waals surface area (Å²) in [6.07, 6.45) is -0.339. The fourth-order valence-corrected chi connectivity index (χ4v) is 2.45. The Morgan fingerprint density at radius 3 is 1.79 bits per heavy atom. The zero-order valence-electron chi connectivity index (χ0n) is 19.4. The molecule has 10 nitrogen and oxygen atoms in total. The van der Waals surface area contributed by atoms with Crippen LogP contribution in [0.25, 0.3) is 0 Å². The quantitative estimate of drug-likeness (QED) is 0.365. The van der Waals surface area contributed by atoms with Crippen LogP contribution in [0.2, 0.25) is 0 Å². The second kappa shape index (κ2) is 15.2. The molecule has 1 saturated heterocycles. The smallest absolute Gasteiger partial charge is 0.550 e. The molecule has 2 rings (SSSR count). The van der Waals surface area contributed by atoms with E-state index in [9.17, 15) is 14.0 Å². The van der Waals surface area contributed by atoms with E-state index in [-0.39, 0.29) is 32.1 Å². The van der Waals surface area contributed by atoms with Crippen LogP contribution in [-0.2, 0) is 39.5 Å². The van der Waals surface area contributed by atoms with Gasteiger partial charge in [0.2, 0.25) is 0 Å². The van der Waals surface area contributed by atoms with Gasteiger partial charge in [0.15, 0.2) is 0 Å². The van der Waals surface area contributed by atoms with Gasteiger partial charge in [-0.1, -0.05) is 0 Å². The van der Waals surface area contributed by atoms with E-state index in [0.717, 1.165) is 13.8 Å². The van der Waals surface area contributed by atoms with Gasteiger partial charge in [-0.3, -0.25) is 0 Å². The third kappa shape index (κ3) is 14.1. The van der Waals surface area contributed by atoms with Gasteiger partial charge >= 0.3 is 32.5 Å². The summed E-state index contributed by atoms with van der Waals surface area (Å²) in [5.41, 5.74) is 0.0544.